The van der Waals surface area contributed by atoms with Crippen molar-refractivity contribution in [2.45, 2.75) is 9.79 Å². The summed E-state index contributed by atoms with van der Waals surface area (Å²) in [6, 6.07) is 13.4. The number of nitrogens with one attached hydrogen (secondary N) is 3. The largest absolute Gasteiger partial charge is 0.369 e. The summed E-state index contributed by atoms with van der Waals surface area (Å²) in [6.07, 6.45) is 1.61. The number of hydrogen-bond donors (Lipinski definition) is 3. The van der Waals surface area contributed by atoms with Gasteiger partial charge in [-0.3, -0.25) is 5.10 Å². The molecule has 2 aromatic carbocycles. The van der Waals surface area contributed by atoms with Crippen molar-refractivity contribution < 1.29 is 8.78 Å². The van der Waals surface area contributed by atoms with E-state index in [0.717, 1.165) is 37.9 Å². The van der Waals surface area contributed by atoms with Gasteiger partial charge in [-0.15, -0.1) is 0 Å². The van der Waals surface area contributed by atoms with Crippen molar-refractivity contribution >= 4 is 57.3 Å². The minimum absolute atomic E-state index is 0.396. The summed E-state index contributed by atoms with van der Waals surface area (Å²) in [6.45, 7) is 4.14. The summed E-state index contributed by atoms with van der Waals surface area (Å²) >= 11 is 6.70. The van der Waals surface area contributed by atoms with Crippen LogP contribution in [0.4, 0.5) is 26.0 Å². The van der Waals surface area contributed by atoms with Gasteiger partial charge in [0, 0.05) is 59.6 Å². The standard InChI is InChI=1S/C24H23F2N7S2/c1-32-6-8-33(9-7-32)18-4-2-17(3-5-18)28-24(34)29-23-21-13-20(14-27-22(21)30-31-23)35-19-11-15(25)10-16(26)12-19/h2-5,10-14H,6-9H2,1H3,(H3,27,28,29,30,31,34). The van der Waals surface area contributed by atoms with Gasteiger partial charge in [-0.2, -0.15) is 5.10 Å². The number of benzene rings is 2. The molecule has 180 valence electrons. The van der Waals surface area contributed by atoms with Crippen LogP contribution in [0.5, 0.6) is 0 Å². The minimum Gasteiger partial charge on any atom is -0.369 e. The third kappa shape index (κ3) is 5.69. The quantitative estimate of drug-likeness (QED) is 0.325. The van der Waals surface area contributed by atoms with Crippen molar-refractivity contribution in [2.24, 2.45) is 0 Å². The molecular formula is C24H23F2N7S2. The monoisotopic (exact) mass is 511 g/mol. The summed E-state index contributed by atoms with van der Waals surface area (Å²) in [4.78, 5) is 10.2. The number of pyridine rings is 1. The van der Waals surface area contributed by atoms with Crippen LogP contribution in [0.3, 0.4) is 0 Å². The zero-order valence-corrected chi connectivity index (χ0v) is 20.5. The first-order valence-corrected chi connectivity index (χ1v) is 12.2. The molecule has 11 heteroatoms. The third-order valence-electron chi connectivity index (χ3n) is 5.69. The van der Waals surface area contributed by atoms with Gasteiger partial charge in [-0.1, -0.05) is 11.8 Å². The molecule has 1 fully saturated rings. The zero-order chi connectivity index (χ0) is 24.4. The van der Waals surface area contributed by atoms with Gasteiger partial charge < -0.3 is 20.4 Å². The molecule has 5 rings (SSSR count). The Kier molecular flexibility index (Phi) is 6.80. The zero-order valence-electron chi connectivity index (χ0n) is 18.9. The maximum Gasteiger partial charge on any atom is 0.183 e. The van der Waals surface area contributed by atoms with E-state index < -0.39 is 11.6 Å². The Morgan fingerprint density at radius 1 is 0.971 bits per heavy atom. The molecule has 0 spiro atoms. The van der Waals surface area contributed by atoms with Gasteiger partial charge in [0.25, 0.3) is 0 Å². The molecule has 7 nitrogen and oxygen atoms in total. The fourth-order valence-electron chi connectivity index (χ4n) is 3.85. The molecular weight excluding hydrogens is 488 g/mol. The van der Waals surface area contributed by atoms with Gasteiger partial charge in [0.15, 0.2) is 10.8 Å². The van der Waals surface area contributed by atoms with Crippen LogP contribution in [-0.4, -0.2) is 58.4 Å². The second-order valence-electron chi connectivity index (χ2n) is 8.26. The van der Waals surface area contributed by atoms with Crippen LogP contribution >= 0.6 is 24.0 Å². The average molecular weight is 512 g/mol. The van der Waals surface area contributed by atoms with Crippen LogP contribution in [0.2, 0.25) is 0 Å². The van der Waals surface area contributed by atoms with E-state index in [1.54, 1.807) is 6.20 Å². The van der Waals surface area contributed by atoms with E-state index in [1.807, 2.05) is 18.2 Å². The highest BCUT2D eigenvalue weighted by Gasteiger charge is 2.14. The van der Waals surface area contributed by atoms with Gasteiger partial charge in [-0.25, -0.2) is 13.8 Å². The van der Waals surface area contributed by atoms with Gasteiger partial charge in [0.1, 0.15) is 17.5 Å². The van der Waals surface area contributed by atoms with Crippen LogP contribution < -0.4 is 15.5 Å². The molecule has 0 radical (unpaired) electrons. The Balaban J connectivity index is 1.25. The molecule has 1 aliphatic rings. The lowest BCUT2D eigenvalue weighted by atomic mass is 10.2. The molecule has 0 unspecified atom stereocenters. The Morgan fingerprint density at radius 2 is 1.69 bits per heavy atom. The van der Waals surface area contributed by atoms with Crippen molar-refractivity contribution in [1.29, 1.82) is 0 Å². The Hall–Kier alpha value is -3.28. The first kappa shape index (κ1) is 23.5. The Bertz CT molecular complexity index is 1330. The third-order valence-corrected chi connectivity index (χ3v) is 6.82. The molecule has 1 saturated heterocycles. The molecule has 0 saturated carbocycles. The molecule has 0 amide bonds. The number of rotatable bonds is 5. The highest BCUT2D eigenvalue weighted by molar-refractivity contribution is 7.99. The molecule has 4 aromatic rings. The number of hydrogen-bond acceptors (Lipinski definition) is 6. The Labute approximate surface area is 210 Å². The summed E-state index contributed by atoms with van der Waals surface area (Å²) in [5.41, 5.74) is 2.56. The number of likely N-dealkylation sites (N-methyl/N-ethyl adjacent to an activating group) is 1. The number of halogens is 2. The van der Waals surface area contributed by atoms with Crippen molar-refractivity contribution in [1.82, 2.24) is 20.1 Å². The fraction of sp³-hybridized carbons (Fsp3) is 0.208. The van der Waals surface area contributed by atoms with Gasteiger partial charge in [0.05, 0.1) is 5.39 Å². The molecule has 0 atom stereocenters. The van der Waals surface area contributed by atoms with Gasteiger partial charge in [-0.05, 0) is 61.7 Å². The topological polar surface area (TPSA) is 72.1 Å². The van der Waals surface area contributed by atoms with E-state index in [9.17, 15) is 8.78 Å². The number of piperazine rings is 1. The van der Waals surface area contributed by atoms with Crippen LogP contribution in [-0.2, 0) is 0 Å². The van der Waals surface area contributed by atoms with E-state index in [2.05, 4.69) is 54.8 Å². The van der Waals surface area contributed by atoms with E-state index in [-0.39, 0.29) is 0 Å². The molecule has 0 bridgehead atoms. The average Bonchev–Trinajstić information content (AvgIpc) is 3.21. The maximum atomic E-state index is 13.5. The summed E-state index contributed by atoms with van der Waals surface area (Å²) in [7, 11) is 2.14. The number of aromatic amines is 1. The normalized spacial score (nSPS) is 14.3. The van der Waals surface area contributed by atoms with Crippen LogP contribution in [0.25, 0.3) is 11.0 Å². The lowest BCUT2D eigenvalue weighted by Crippen LogP contribution is -2.44. The highest BCUT2D eigenvalue weighted by Crippen LogP contribution is 2.31. The Morgan fingerprint density at radius 3 is 2.40 bits per heavy atom. The predicted molar refractivity (Wildman–Crippen MR) is 140 cm³/mol. The molecule has 1 aliphatic heterocycles. The summed E-state index contributed by atoms with van der Waals surface area (Å²) in [5.74, 6) is -0.674. The highest BCUT2D eigenvalue weighted by atomic mass is 32.2. The summed E-state index contributed by atoms with van der Waals surface area (Å²) < 4.78 is 27.1. The van der Waals surface area contributed by atoms with Crippen LogP contribution in [0.15, 0.2) is 64.5 Å². The van der Waals surface area contributed by atoms with Crippen molar-refractivity contribution in [3.8, 4) is 0 Å². The maximum absolute atomic E-state index is 13.5. The molecule has 2 aromatic heterocycles. The van der Waals surface area contributed by atoms with Crippen LogP contribution in [0, 0.1) is 11.6 Å². The van der Waals surface area contributed by atoms with Gasteiger partial charge in [0.2, 0.25) is 0 Å². The first-order chi connectivity index (χ1) is 16.9. The minimum atomic E-state index is -0.625. The smallest absolute Gasteiger partial charge is 0.183 e. The van der Waals surface area contributed by atoms with Crippen LogP contribution in [0.1, 0.15) is 0 Å². The first-order valence-electron chi connectivity index (χ1n) is 11.0. The molecule has 3 heterocycles. The number of anilines is 3. The number of H-pyrrole nitrogens is 1. The van der Waals surface area contributed by atoms with E-state index in [1.165, 1.54) is 29.6 Å². The molecule has 0 aliphatic carbocycles. The SMILES string of the molecule is CN1CCN(c2ccc(NC(=S)Nc3[nH]nc4ncc(Sc5cc(F)cc(F)c5)cc34)cc2)CC1. The second-order valence-corrected chi connectivity index (χ2v) is 9.82. The second kappa shape index (κ2) is 10.1. The predicted octanol–water partition coefficient (Wildman–Crippen LogP) is 4.95. The number of aromatic nitrogens is 3. The van der Waals surface area contributed by atoms with Crippen molar-refractivity contribution in [2.75, 3.05) is 48.8 Å². The number of fused-ring (bicyclic) bond motifs is 1. The molecule has 35 heavy (non-hydrogen) atoms. The van der Waals surface area contributed by atoms with Gasteiger partial charge >= 0.3 is 0 Å². The number of nitrogens with zero attached hydrogens (tertiary/aromatic N) is 4. The molecule has 3 N–H and O–H groups in total. The lowest BCUT2D eigenvalue weighted by molar-refractivity contribution is 0.313. The lowest BCUT2D eigenvalue weighted by Gasteiger charge is -2.34. The fourth-order valence-corrected chi connectivity index (χ4v) is 4.97. The summed E-state index contributed by atoms with van der Waals surface area (Å²) in [5, 5.41) is 14.5. The van der Waals surface area contributed by atoms with Crippen molar-refractivity contribution in [3.63, 3.8) is 0 Å². The van der Waals surface area contributed by atoms with E-state index >= 15 is 0 Å². The van der Waals surface area contributed by atoms with Crippen molar-refractivity contribution in [3.05, 3.63) is 66.4 Å². The van der Waals surface area contributed by atoms with E-state index in [0.29, 0.717) is 31.8 Å². The number of thiocarbonyl (C=S) groups is 1. The van der Waals surface area contributed by atoms with E-state index in [4.69, 9.17) is 12.2 Å².